The number of carbonyl (C=O) groups excluding carboxylic acids is 5. The van der Waals surface area contributed by atoms with E-state index in [2.05, 4.69) is 40.3 Å². The minimum atomic E-state index is -0.904. The van der Waals surface area contributed by atoms with Gasteiger partial charge in [0.1, 0.15) is 18.1 Å². The molecular formula is C40H57N7O5. The lowest BCUT2D eigenvalue weighted by Crippen LogP contribution is -2.58. The van der Waals surface area contributed by atoms with Crippen molar-refractivity contribution in [3.8, 4) is 0 Å². The third-order valence-corrected chi connectivity index (χ3v) is 10.7. The van der Waals surface area contributed by atoms with Crippen LogP contribution in [0.25, 0.3) is 0 Å². The smallest absolute Gasteiger partial charge is 0.245 e. The second-order valence-electron chi connectivity index (χ2n) is 15.0. The monoisotopic (exact) mass is 715 g/mol. The fourth-order valence-corrected chi connectivity index (χ4v) is 7.47. The van der Waals surface area contributed by atoms with Gasteiger partial charge in [-0.15, -0.1) is 0 Å². The summed E-state index contributed by atoms with van der Waals surface area (Å²) < 4.78 is 0. The van der Waals surface area contributed by atoms with E-state index in [1.807, 2.05) is 58.3 Å². The SMILES string of the molecule is CC(=O)N1CC2CN(C(=O)C(CCCCN)NC(=O)C(CC3CC3)NC(=O)C(Cc3ccccc3)NC(=O)CNCC(C)c3ccccc3)CC2C1. The van der Waals surface area contributed by atoms with Gasteiger partial charge in [-0.25, -0.2) is 0 Å². The van der Waals surface area contributed by atoms with Crippen molar-refractivity contribution >= 4 is 29.5 Å². The molecule has 6 unspecified atom stereocenters. The van der Waals surface area contributed by atoms with E-state index < -0.39 is 29.9 Å². The van der Waals surface area contributed by atoms with Gasteiger partial charge < -0.3 is 36.8 Å². The Hall–Kier alpha value is -4.29. The minimum Gasteiger partial charge on any atom is -0.343 e. The molecule has 2 aliphatic heterocycles. The van der Waals surface area contributed by atoms with Gasteiger partial charge in [-0.3, -0.25) is 24.0 Å². The maximum absolute atomic E-state index is 14.0. The van der Waals surface area contributed by atoms with Gasteiger partial charge in [0.25, 0.3) is 0 Å². The first kappa shape index (κ1) is 38.9. The molecule has 1 saturated carbocycles. The molecule has 6 N–H and O–H groups in total. The number of hydrogen-bond donors (Lipinski definition) is 5. The molecule has 3 fully saturated rings. The fourth-order valence-electron chi connectivity index (χ4n) is 7.47. The van der Waals surface area contributed by atoms with Crippen molar-refractivity contribution in [2.24, 2.45) is 23.5 Å². The van der Waals surface area contributed by atoms with E-state index in [-0.39, 0.29) is 48.4 Å². The highest BCUT2D eigenvalue weighted by molar-refractivity contribution is 5.94. The Kier molecular flexibility index (Phi) is 14.2. The van der Waals surface area contributed by atoms with Crippen molar-refractivity contribution in [3.63, 3.8) is 0 Å². The molecule has 1 aliphatic carbocycles. The fraction of sp³-hybridized carbons (Fsp3) is 0.575. The van der Waals surface area contributed by atoms with Gasteiger partial charge in [0.2, 0.25) is 29.5 Å². The van der Waals surface area contributed by atoms with Crippen LogP contribution in [0.1, 0.15) is 69.4 Å². The van der Waals surface area contributed by atoms with Gasteiger partial charge in [-0.2, -0.15) is 0 Å². The number of nitrogens with zero attached hydrogens (tertiary/aromatic N) is 2. The van der Waals surface area contributed by atoms with E-state index in [0.29, 0.717) is 64.4 Å². The van der Waals surface area contributed by atoms with Gasteiger partial charge in [0, 0.05) is 57.9 Å². The molecule has 52 heavy (non-hydrogen) atoms. The number of unbranched alkanes of at least 4 members (excludes halogenated alkanes) is 1. The summed E-state index contributed by atoms with van der Waals surface area (Å²) in [5.41, 5.74) is 7.81. The average molecular weight is 716 g/mol. The number of fused-ring (bicyclic) bond motifs is 1. The molecule has 0 bridgehead atoms. The summed E-state index contributed by atoms with van der Waals surface area (Å²) in [6.45, 7) is 7.19. The van der Waals surface area contributed by atoms with Crippen LogP contribution >= 0.6 is 0 Å². The summed E-state index contributed by atoms with van der Waals surface area (Å²) in [7, 11) is 0. The van der Waals surface area contributed by atoms with Gasteiger partial charge >= 0.3 is 0 Å². The Morgan fingerprint density at radius 1 is 0.769 bits per heavy atom. The Bertz CT molecular complexity index is 1490. The van der Waals surface area contributed by atoms with Crippen LogP contribution in [0.5, 0.6) is 0 Å². The maximum atomic E-state index is 14.0. The number of rotatable bonds is 19. The second kappa shape index (κ2) is 19.0. The Morgan fingerprint density at radius 2 is 1.37 bits per heavy atom. The van der Waals surface area contributed by atoms with Crippen LogP contribution in [-0.2, 0) is 30.4 Å². The molecule has 5 rings (SSSR count). The first-order valence-corrected chi connectivity index (χ1v) is 19.0. The molecule has 2 saturated heterocycles. The zero-order valence-corrected chi connectivity index (χ0v) is 30.7. The average Bonchev–Trinajstić information content (AvgIpc) is 3.73. The molecule has 12 nitrogen and oxygen atoms in total. The largest absolute Gasteiger partial charge is 0.343 e. The van der Waals surface area contributed by atoms with Crippen molar-refractivity contribution in [3.05, 3.63) is 71.8 Å². The van der Waals surface area contributed by atoms with E-state index in [1.165, 1.54) is 5.56 Å². The molecule has 6 atom stereocenters. The quantitative estimate of drug-likeness (QED) is 0.139. The van der Waals surface area contributed by atoms with E-state index >= 15 is 0 Å². The molecular weight excluding hydrogens is 658 g/mol. The van der Waals surface area contributed by atoms with E-state index in [4.69, 9.17) is 5.73 Å². The number of benzene rings is 2. The lowest BCUT2D eigenvalue weighted by molar-refractivity contribution is -0.137. The number of nitrogens with one attached hydrogen (secondary N) is 4. The Morgan fingerprint density at radius 3 is 1.98 bits per heavy atom. The van der Waals surface area contributed by atoms with Crippen molar-refractivity contribution in [2.45, 2.75) is 82.8 Å². The van der Waals surface area contributed by atoms with Gasteiger partial charge in [-0.1, -0.05) is 80.4 Å². The van der Waals surface area contributed by atoms with Crippen LogP contribution in [0, 0.1) is 17.8 Å². The van der Waals surface area contributed by atoms with Crippen molar-refractivity contribution < 1.29 is 24.0 Å². The minimum absolute atomic E-state index is 0.0410. The maximum Gasteiger partial charge on any atom is 0.245 e. The third kappa shape index (κ3) is 11.4. The number of carbonyl (C=O) groups is 5. The Balaban J connectivity index is 1.22. The number of amides is 5. The summed E-state index contributed by atoms with van der Waals surface area (Å²) in [4.78, 5) is 70.6. The Labute approximate surface area is 308 Å². The van der Waals surface area contributed by atoms with E-state index in [1.54, 1.807) is 6.92 Å². The highest BCUT2D eigenvalue weighted by Gasteiger charge is 2.44. The van der Waals surface area contributed by atoms with Crippen molar-refractivity contribution in [1.29, 1.82) is 0 Å². The van der Waals surface area contributed by atoms with Gasteiger partial charge in [0.15, 0.2) is 0 Å². The lowest BCUT2D eigenvalue weighted by Gasteiger charge is -2.28. The molecule has 3 aliphatic rings. The molecule has 2 heterocycles. The standard InChI is InChI=1S/C40H57N7O5/c1-27(31-13-7-4-8-14-31)21-42-22-37(49)43-35(19-29-11-5-3-6-12-29)38(50)45-36(20-30-16-17-30)39(51)44-34(15-9-10-18-41)40(52)47-25-32-23-46(28(2)48)24-33(32)26-47/h3-8,11-14,27,30,32-36,42H,9-10,15-26,41H2,1-2H3,(H,43,49)(H,44,51)(H,45,50). The predicted molar refractivity (Wildman–Crippen MR) is 200 cm³/mol. The highest BCUT2D eigenvalue weighted by Crippen LogP contribution is 2.34. The normalized spacial score (nSPS) is 20.4. The molecule has 5 amide bonds. The zero-order valence-electron chi connectivity index (χ0n) is 30.7. The summed E-state index contributed by atoms with van der Waals surface area (Å²) in [6.07, 6.45) is 4.51. The summed E-state index contributed by atoms with van der Waals surface area (Å²) in [5.74, 6) is -0.253. The van der Waals surface area contributed by atoms with Crippen LogP contribution in [0.2, 0.25) is 0 Å². The van der Waals surface area contributed by atoms with Gasteiger partial charge in [-0.05, 0) is 55.2 Å². The summed E-state index contributed by atoms with van der Waals surface area (Å²) in [5, 5.41) is 12.1. The van der Waals surface area contributed by atoms with Crippen LogP contribution in [0.4, 0.5) is 0 Å². The predicted octanol–water partition coefficient (Wildman–Crippen LogP) is 1.94. The van der Waals surface area contributed by atoms with Crippen molar-refractivity contribution in [1.82, 2.24) is 31.1 Å². The first-order chi connectivity index (χ1) is 25.1. The lowest BCUT2D eigenvalue weighted by atomic mass is 10.0. The van der Waals surface area contributed by atoms with Crippen LogP contribution in [0.15, 0.2) is 60.7 Å². The van der Waals surface area contributed by atoms with E-state index in [0.717, 1.165) is 24.8 Å². The molecule has 2 aromatic rings. The molecule has 12 heteroatoms. The van der Waals surface area contributed by atoms with E-state index in [9.17, 15) is 24.0 Å². The molecule has 2 aromatic carbocycles. The van der Waals surface area contributed by atoms with Crippen LogP contribution in [-0.4, -0.2) is 103 Å². The number of likely N-dealkylation sites (tertiary alicyclic amines) is 2. The number of hydrogen-bond acceptors (Lipinski definition) is 7. The zero-order chi connectivity index (χ0) is 37.0. The summed E-state index contributed by atoms with van der Waals surface area (Å²) >= 11 is 0. The molecule has 0 aromatic heterocycles. The molecule has 0 spiro atoms. The third-order valence-electron chi connectivity index (χ3n) is 10.7. The molecule has 282 valence electrons. The first-order valence-electron chi connectivity index (χ1n) is 19.0. The van der Waals surface area contributed by atoms with Gasteiger partial charge in [0.05, 0.1) is 6.54 Å². The van der Waals surface area contributed by atoms with Crippen molar-refractivity contribution in [2.75, 3.05) is 45.8 Å². The van der Waals surface area contributed by atoms with Crippen LogP contribution in [0.3, 0.4) is 0 Å². The summed E-state index contributed by atoms with van der Waals surface area (Å²) in [6, 6.07) is 17.0. The molecule has 0 radical (unpaired) electrons. The highest BCUT2D eigenvalue weighted by atomic mass is 16.2. The second-order valence-corrected chi connectivity index (χ2v) is 15.0. The number of nitrogens with two attached hydrogens (primary N) is 1. The van der Waals surface area contributed by atoms with Crippen LogP contribution < -0.4 is 27.0 Å². The topological polar surface area (TPSA) is 166 Å².